The Morgan fingerprint density at radius 3 is 2.62 bits per heavy atom. The van der Waals surface area contributed by atoms with Crippen molar-refractivity contribution in [2.24, 2.45) is 0 Å². The van der Waals surface area contributed by atoms with Gasteiger partial charge in [-0.2, -0.15) is 0 Å². The molecule has 21 heavy (non-hydrogen) atoms. The van der Waals surface area contributed by atoms with Gasteiger partial charge in [0.05, 0.1) is 12.2 Å². The number of hydrogen-bond acceptors (Lipinski definition) is 2. The van der Waals surface area contributed by atoms with Gasteiger partial charge >= 0.3 is 0 Å². The predicted octanol–water partition coefficient (Wildman–Crippen LogP) is 5.29. The zero-order valence-corrected chi connectivity index (χ0v) is 14.2. The van der Waals surface area contributed by atoms with Gasteiger partial charge < -0.3 is 10.1 Å². The lowest BCUT2D eigenvalue weighted by atomic mass is 9.86. The standard InChI is InChI=1S/C18H20BrNO/c1-18(2,3)12-8-9-16-15(10-12)20-11-17(21-16)13-6-4-5-7-14(13)19/h4-10,17,20H,11H2,1-3H3. The van der Waals surface area contributed by atoms with Crippen LogP contribution >= 0.6 is 15.9 Å². The van der Waals surface area contributed by atoms with Crippen molar-refractivity contribution in [3.63, 3.8) is 0 Å². The second-order valence-electron chi connectivity index (χ2n) is 6.47. The van der Waals surface area contributed by atoms with Gasteiger partial charge in [0.2, 0.25) is 0 Å². The monoisotopic (exact) mass is 345 g/mol. The molecule has 3 heteroatoms. The summed E-state index contributed by atoms with van der Waals surface area (Å²) < 4.78 is 7.26. The molecule has 0 radical (unpaired) electrons. The van der Waals surface area contributed by atoms with E-state index in [1.807, 2.05) is 12.1 Å². The Balaban J connectivity index is 1.89. The number of anilines is 1. The second-order valence-corrected chi connectivity index (χ2v) is 7.32. The average Bonchev–Trinajstić information content (AvgIpc) is 2.46. The maximum Gasteiger partial charge on any atom is 0.143 e. The molecule has 3 rings (SSSR count). The normalized spacial score (nSPS) is 17.6. The Morgan fingerprint density at radius 2 is 1.90 bits per heavy atom. The Bertz CT molecular complexity index is 661. The van der Waals surface area contributed by atoms with Crippen molar-refractivity contribution in [3.05, 3.63) is 58.1 Å². The van der Waals surface area contributed by atoms with E-state index in [4.69, 9.17) is 4.74 Å². The molecule has 110 valence electrons. The fourth-order valence-electron chi connectivity index (χ4n) is 2.54. The van der Waals surface area contributed by atoms with Crippen LogP contribution in [0.25, 0.3) is 0 Å². The van der Waals surface area contributed by atoms with E-state index < -0.39 is 0 Å². The van der Waals surface area contributed by atoms with Gasteiger partial charge in [-0.05, 0) is 29.2 Å². The molecule has 0 bridgehead atoms. The highest BCUT2D eigenvalue weighted by molar-refractivity contribution is 9.10. The number of fused-ring (bicyclic) bond motifs is 1. The first-order chi connectivity index (χ1) is 9.95. The summed E-state index contributed by atoms with van der Waals surface area (Å²) in [4.78, 5) is 0. The summed E-state index contributed by atoms with van der Waals surface area (Å²) in [6.45, 7) is 7.45. The molecule has 0 amide bonds. The van der Waals surface area contributed by atoms with Crippen LogP contribution in [-0.4, -0.2) is 6.54 Å². The van der Waals surface area contributed by atoms with Crippen LogP contribution in [-0.2, 0) is 5.41 Å². The van der Waals surface area contributed by atoms with Crippen LogP contribution in [0.4, 0.5) is 5.69 Å². The van der Waals surface area contributed by atoms with Gasteiger partial charge in [-0.25, -0.2) is 0 Å². The highest BCUT2D eigenvalue weighted by atomic mass is 79.9. The largest absolute Gasteiger partial charge is 0.482 e. The maximum atomic E-state index is 6.17. The van der Waals surface area contributed by atoms with Gasteiger partial charge in [-0.3, -0.25) is 0 Å². The third-order valence-electron chi connectivity index (χ3n) is 3.84. The second kappa shape index (κ2) is 5.38. The minimum absolute atomic E-state index is 0.0357. The Hall–Kier alpha value is -1.48. The molecule has 1 heterocycles. The Labute approximate surface area is 134 Å². The highest BCUT2D eigenvalue weighted by Gasteiger charge is 2.24. The van der Waals surface area contributed by atoms with E-state index in [1.54, 1.807) is 0 Å². The van der Waals surface area contributed by atoms with Crippen LogP contribution in [0.3, 0.4) is 0 Å². The van der Waals surface area contributed by atoms with Crippen molar-refractivity contribution < 1.29 is 4.74 Å². The van der Waals surface area contributed by atoms with Crippen molar-refractivity contribution in [3.8, 4) is 5.75 Å². The number of halogens is 1. The van der Waals surface area contributed by atoms with E-state index in [0.717, 1.165) is 22.5 Å². The molecular formula is C18H20BrNO. The highest BCUT2D eigenvalue weighted by Crippen LogP contribution is 2.38. The molecule has 0 spiro atoms. The third-order valence-corrected chi connectivity index (χ3v) is 4.57. The molecule has 2 nitrogen and oxygen atoms in total. The van der Waals surface area contributed by atoms with Crippen molar-refractivity contribution in [2.45, 2.75) is 32.3 Å². The summed E-state index contributed by atoms with van der Waals surface area (Å²) in [6.07, 6.45) is 0.0357. The van der Waals surface area contributed by atoms with Crippen LogP contribution in [0.15, 0.2) is 46.9 Å². The molecule has 0 aromatic heterocycles. The quantitative estimate of drug-likeness (QED) is 0.757. The molecule has 2 aromatic rings. The topological polar surface area (TPSA) is 21.3 Å². The molecule has 0 fully saturated rings. The summed E-state index contributed by atoms with van der Waals surface area (Å²) in [6, 6.07) is 14.7. The summed E-state index contributed by atoms with van der Waals surface area (Å²) in [5.41, 5.74) is 3.73. The van der Waals surface area contributed by atoms with Crippen LogP contribution in [0, 0.1) is 0 Å². The molecular weight excluding hydrogens is 326 g/mol. The van der Waals surface area contributed by atoms with Crippen molar-refractivity contribution in [1.29, 1.82) is 0 Å². The van der Waals surface area contributed by atoms with E-state index in [0.29, 0.717) is 0 Å². The average molecular weight is 346 g/mol. The first kappa shape index (κ1) is 14.5. The van der Waals surface area contributed by atoms with Gasteiger partial charge in [0.15, 0.2) is 0 Å². The number of hydrogen-bond donors (Lipinski definition) is 1. The summed E-state index contributed by atoms with van der Waals surface area (Å²) in [7, 11) is 0. The first-order valence-electron chi connectivity index (χ1n) is 7.24. The number of benzene rings is 2. The van der Waals surface area contributed by atoms with E-state index in [-0.39, 0.29) is 11.5 Å². The van der Waals surface area contributed by atoms with E-state index in [9.17, 15) is 0 Å². The van der Waals surface area contributed by atoms with Crippen molar-refractivity contribution >= 4 is 21.6 Å². The van der Waals surface area contributed by atoms with Crippen molar-refractivity contribution in [1.82, 2.24) is 0 Å². The molecule has 1 atom stereocenters. The zero-order valence-electron chi connectivity index (χ0n) is 12.6. The molecule has 1 N–H and O–H groups in total. The maximum absolute atomic E-state index is 6.17. The van der Waals surface area contributed by atoms with E-state index in [1.165, 1.54) is 11.1 Å². The molecule has 2 aromatic carbocycles. The lowest BCUT2D eigenvalue weighted by Gasteiger charge is -2.30. The van der Waals surface area contributed by atoms with Crippen LogP contribution in [0.5, 0.6) is 5.75 Å². The van der Waals surface area contributed by atoms with Gasteiger partial charge in [0, 0.05) is 10.0 Å². The molecule has 1 aliphatic rings. The van der Waals surface area contributed by atoms with Gasteiger partial charge in [0.25, 0.3) is 0 Å². The first-order valence-corrected chi connectivity index (χ1v) is 8.04. The Kier molecular flexibility index (Phi) is 3.70. The summed E-state index contributed by atoms with van der Waals surface area (Å²) in [5.74, 6) is 0.926. The predicted molar refractivity (Wildman–Crippen MR) is 91.1 cm³/mol. The van der Waals surface area contributed by atoms with E-state index >= 15 is 0 Å². The number of nitrogens with one attached hydrogen (secondary N) is 1. The summed E-state index contributed by atoms with van der Waals surface area (Å²) >= 11 is 3.60. The zero-order chi connectivity index (χ0) is 15.0. The van der Waals surface area contributed by atoms with Crippen LogP contribution in [0.2, 0.25) is 0 Å². The lowest BCUT2D eigenvalue weighted by Crippen LogP contribution is -2.24. The fourth-order valence-corrected chi connectivity index (χ4v) is 3.08. The minimum Gasteiger partial charge on any atom is -0.482 e. The molecule has 1 aliphatic heterocycles. The van der Waals surface area contributed by atoms with Crippen molar-refractivity contribution in [2.75, 3.05) is 11.9 Å². The Morgan fingerprint density at radius 1 is 1.14 bits per heavy atom. The number of rotatable bonds is 1. The molecule has 0 saturated heterocycles. The van der Waals surface area contributed by atoms with Crippen LogP contribution < -0.4 is 10.1 Å². The third kappa shape index (κ3) is 2.93. The lowest BCUT2D eigenvalue weighted by molar-refractivity contribution is 0.209. The molecule has 1 unspecified atom stereocenters. The summed E-state index contributed by atoms with van der Waals surface area (Å²) in [5, 5.41) is 3.51. The number of ether oxygens (including phenoxy) is 1. The SMILES string of the molecule is CC(C)(C)c1ccc2c(c1)NCC(c1ccccc1Br)O2. The van der Waals surface area contributed by atoms with Crippen LogP contribution in [0.1, 0.15) is 38.0 Å². The van der Waals surface area contributed by atoms with E-state index in [2.05, 4.69) is 72.3 Å². The van der Waals surface area contributed by atoms with Gasteiger partial charge in [0.1, 0.15) is 11.9 Å². The minimum atomic E-state index is 0.0357. The smallest absolute Gasteiger partial charge is 0.143 e. The van der Waals surface area contributed by atoms with Gasteiger partial charge in [-0.15, -0.1) is 0 Å². The molecule has 0 aliphatic carbocycles. The fraction of sp³-hybridized carbons (Fsp3) is 0.333. The molecule has 0 saturated carbocycles. The van der Waals surface area contributed by atoms with Gasteiger partial charge in [-0.1, -0.05) is 61.0 Å².